The maximum absolute atomic E-state index is 9.36. The van der Waals surface area contributed by atoms with Crippen LogP contribution in [0.3, 0.4) is 0 Å². The molecule has 0 saturated heterocycles. The van der Waals surface area contributed by atoms with Gasteiger partial charge in [-0.3, -0.25) is 4.79 Å². The molecule has 0 heterocycles. The van der Waals surface area contributed by atoms with Gasteiger partial charge >= 0.3 is 6.47 Å². The van der Waals surface area contributed by atoms with Gasteiger partial charge in [0.25, 0.3) is 0 Å². The Labute approximate surface area is 45.9 Å². The number of aliphatic hydroxyl groups is 1. The lowest BCUT2D eigenvalue weighted by atomic mass is 10.9. The summed E-state index contributed by atoms with van der Waals surface area (Å²) in [6.07, 6.45) is 0. The molecular weight excluding hydrogens is 116 g/mol. The highest BCUT2D eigenvalue weighted by Gasteiger charge is 1.92. The highest BCUT2D eigenvalue weighted by Crippen LogP contribution is 2.04. The fourth-order valence-corrected chi connectivity index (χ4v) is 0.309. The third-order valence-electron chi connectivity index (χ3n) is 0.234. The fraction of sp³-hybridized carbons (Fsp3) is 0.667. The molecule has 0 aliphatic rings. The molecule has 1 atom stereocenters. The average molecular weight is 122 g/mol. The molecule has 0 fully saturated rings. The van der Waals surface area contributed by atoms with Crippen LogP contribution in [0.1, 0.15) is 6.92 Å². The summed E-state index contributed by atoms with van der Waals surface area (Å²) in [5.74, 6) is 0. The topological polar surface area (TPSA) is 46.5 Å². The quantitative estimate of drug-likeness (QED) is 0.329. The molecule has 0 aliphatic carbocycles. The Morgan fingerprint density at radius 2 is 2.57 bits per heavy atom. The van der Waals surface area contributed by atoms with Gasteiger partial charge in [0.2, 0.25) is 0 Å². The summed E-state index contributed by atoms with van der Waals surface area (Å²) < 4.78 is 4.08. The second-order valence-electron chi connectivity index (χ2n) is 0.888. The zero-order valence-corrected chi connectivity index (χ0v) is 4.64. The van der Waals surface area contributed by atoms with E-state index in [1.54, 1.807) is 0 Å². The van der Waals surface area contributed by atoms with E-state index in [-0.39, 0.29) is 6.47 Å². The number of carbonyl (C=O) groups excluding carboxylic acids is 1. The average Bonchev–Trinajstić information content (AvgIpc) is 1.61. The number of carbonyl (C=O) groups is 1. The molecule has 0 rings (SSSR count). The maximum atomic E-state index is 9.36. The Bertz CT molecular complexity index is 54.1. The largest absolute Gasteiger partial charge is 0.391 e. The van der Waals surface area contributed by atoms with E-state index in [0.717, 1.165) is 12.0 Å². The minimum atomic E-state index is -0.634. The minimum Gasteiger partial charge on any atom is -0.391 e. The summed E-state index contributed by atoms with van der Waals surface area (Å²) in [6.45, 7) is 1.78. The van der Waals surface area contributed by atoms with Gasteiger partial charge in [-0.05, 0) is 6.92 Å². The standard InChI is InChI=1S/C3H6O3S/c1-3(5)7-6-2-4/h2-3,5H,1H3. The van der Waals surface area contributed by atoms with Gasteiger partial charge in [-0.25, -0.2) is 0 Å². The van der Waals surface area contributed by atoms with Gasteiger partial charge in [-0.15, -0.1) is 0 Å². The summed E-state index contributed by atoms with van der Waals surface area (Å²) in [6, 6.07) is 0. The Morgan fingerprint density at radius 3 is 2.71 bits per heavy atom. The Balaban J connectivity index is 2.81. The molecule has 0 aromatic carbocycles. The van der Waals surface area contributed by atoms with Crippen molar-refractivity contribution >= 4 is 18.5 Å². The normalized spacial score (nSPS) is 12.9. The summed E-state index contributed by atoms with van der Waals surface area (Å²) in [5.41, 5.74) is -0.634. The van der Waals surface area contributed by atoms with E-state index in [2.05, 4.69) is 4.18 Å². The molecule has 1 N–H and O–H groups in total. The predicted molar refractivity (Wildman–Crippen MR) is 26.4 cm³/mol. The molecule has 3 nitrogen and oxygen atoms in total. The molecule has 42 valence electrons. The highest BCUT2D eigenvalue weighted by atomic mass is 32.2. The van der Waals surface area contributed by atoms with Crippen LogP contribution >= 0.6 is 12.0 Å². The van der Waals surface area contributed by atoms with Crippen molar-refractivity contribution in [3.63, 3.8) is 0 Å². The Hall–Kier alpha value is -0.220. The van der Waals surface area contributed by atoms with Crippen LogP contribution in [0.2, 0.25) is 0 Å². The molecule has 0 aromatic heterocycles. The Kier molecular flexibility index (Phi) is 3.83. The van der Waals surface area contributed by atoms with Crippen LogP contribution in [0.5, 0.6) is 0 Å². The molecule has 0 saturated carbocycles. The van der Waals surface area contributed by atoms with E-state index in [0.29, 0.717) is 0 Å². The van der Waals surface area contributed by atoms with Gasteiger partial charge in [0.05, 0.1) is 12.0 Å². The van der Waals surface area contributed by atoms with E-state index in [1.165, 1.54) is 6.92 Å². The zero-order chi connectivity index (χ0) is 5.70. The van der Waals surface area contributed by atoms with Crippen LogP contribution in [0, 0.1) is 0 Å². The molecule has 7 heavy (non-hydrogen) atoms. The summed E-state index contributed by atoms with van der Waals surface area (Å²) in [5, 5.41) is 8.36. The lowest BCUT2D eigenvalue weighted by Gasteiger charge is -1.95. The maximum Gasteiger partial charge on any atom is 0.305 e. The second-order valence-corrected chi connectivity index (χ2v) is 1.96. The first-order valence-corrected chi connectivity index (χ1v) is 2.51. The van der Waals surface area contributed by atoms with Crippen LogP contribution in [-0.4, -0.2) is 17.0 Å². The van der Waals surface area contributed by atoms with Crippen LogP contribution in [0.25, 0.3) is 0 Å². The highest BCUT2D eigenvalue weighted by molar-refractivity contribution is 7.95. The minimum absolute atomic E-state index is 0.275. The summed E-state index contributed by atoms with van der Waals surface area (Å²) >= 11 is 0.719. The van der Waals surface area contributed by atoms with Crippen molar-refractivity contribution in [2.75, 3.05) is 0 Å². The molecule has 0 amide bonds. The van der Waals surface area contributed by atoms with Crippen molar-refractivity contribution in [1.82, 2.24) is 0 Å². The second kappa shape index (κ2) is 3.95. The van der Waals surface area contributed by atoms with Crippen molar-refractivity contribution in [1.29, 1.82) is 0 Å². The number of hydrogen-bond donors (Lipinski definition) is 1. The van der Waals surface area contributed by atoms with Gasteiger partial charge < -0.3 is 9.29 Å². The van der Waals surface area contributed by atoms with Crippen molar-refractivity contribution in [3.8, 4) is 0 Å². The first kappa shape index (κ1) is 6.78. The lowest BCUT2D eigenvalue weighted by molar-refractivity contribution is -0.119. The first-order valence-electron chi connectivity index (χ1n) is 1.71. The lowest BCUT2D eigenvalue weighted by Crippen LogP contribution is -1.91. The van der Waals surface area contributed by atoms with E-state index < -0.39 is 5.44 Å². The summed E-state index contributed by atoms with van der Waals surface area (Å²) in [7, 11) is 0. The van der Waals surface area contributed by atoms with E-state index in [1.807, 2.05) is 0 Å². The van der Waals surface area contributed by atoms with Crippen molar-refractivity contribution < 1.29 is 14.1 Å². The van der Waals surface area contributed by atoms with Gasteiger partial charge in [-0.1, -0.05) is 0 Å². The van der Waals surface area contributed by atoms with Gasteiger partial charge in [0, 0.05) is 0 Å². The molecule has 0 aliphatic heterocycles. The SMILES string of the molecule is CC(O)SOC=O. The monoisotopic (exact) mass is 122 g/mol. The van der Waals surface area contributed by atoms with Gasteiger partial charge in [0.15, 0.2) is 0 Å². The van der Waals surface area contributed by atoms with Gasteiger partial charge in [0.1, 0.15) is 5.44 Å². The van der Waals surface area contributed by atoms with Crippen LogP contribution < -0.4 is 0 Å². The number of hydrogen-bond acceptors (Lipinski definition) is 4. The zero-order valence-electron chi connectivity index (χ0n) is 3.83. The molecule has 0 bridgehead atoms. The van der Waals surface area contributed by atoms with E-state index in [9.17, 15) is 4.79 Å². The molecule has 4 heteroatoms. The molecule has 0 spiro atoms. The molecular formula is C3H6O3S. The fourth-order valence-electron chi connectivity index (χ4n) is 0.103. The van der Waals surface area contributed by atoms with Gasteiger partial charge in [-0.2, -0.15) is 0 Å². The molecule has 1 unspecified atom stereocenters. The van der Waals surface area contributed by atoms with Crippen molar-refractivity contribution in [3.05, 3.63) is 0 Å². The third-order valence-corrected chi connectivity index (χ3v) is 0.702. The van der Waals surface area contributed by atoms with Crippen LogP contribution in [-0.2, 0) is 8.98 Å². The van der Waals surface area contributed by atoms with E-state index in [4.69, 9.17) is 5.11 Å². The Morgan fingerprint density at radius 1 is 2.00 bits per heavy atom. The summed E-state index contributed by atoms with van der Waals surface area (Å²) in [4.78, 5) is 9.36. The number of aliphatic hydroxyl groups excluding tert-OH is 1. The van der Waals surface area contributed by atoms with Crippen molar-refractivity contribution in [2.45, 2.75) is 12.4 Å². The smallest absolute Gasteiger partial charge is 0.305 e. The predicted octanol–water partition coefficient (Wildman–Crippen LogP) is 0.146. The first-order chi connectivity index (χ1) is 3.27. The van der Waals surface area contributed by atoms with Crippen LogP contribution in [0.15, 0.2) is 0 Å². The number of rotatable bonds is 3. The van der Waals surface area contributed by atoms with E-state index >= 15 is 0 Å². The molecule has 0 radical (unpaired) electrons. The molecule has 0 aromatic rings. The van der Waals surface area contributed by atoms with Crippen LogP contribution in [0.4, 0.5) is 0 Å². The van der Waals surface area contributed by atoms with Crippen molar-refractivity contribution in [2.24, 2.45) is 0 Å². The third kappa shape index (κ3) is 5.78.